The Hall–Kier alpha value is -0.890. The van der Waals surface area contributed by atoms with Gasteiger partial charge in [-0.3, -0.25) is 11.3 Å². The number of primary amides is 1. The Labute approximate surface area is 45.6 Å². The molecular formula is CH9N5O2. The third kappa shape index (κ3) is 8.92. The number of urea groups is 1. The van der Waals surface area contributed by atoms with Gasteiger partial charge < -0.3 is 11.2 Å². The summed E-state index contributed by atoms with van der Waals surface area (Å²) < 4.78 is 0. The SMILES string of the molecule is NNNNC(N)=O.O. The highest BCUT2D eigenvalue weighted by molar-refractivity contribution is 5.70. The molecule has 0 spiro atoms. The first kappa shape index (κ1) is 10.2. The summed E-state index contributed by atoms with van der Waals surface area (Å²) in [6, 6.07) is -0.696. The lowest BCUT2D eigenvalue weighted by Gasteiger charge is -1.97. The van der Waals surface area contributed by atoms with E-state index >= 15 is 0 Å². The third-order valence-electron chi connectivity index (χ3n) is 0.258. The maximum absolute atomic E-state index is 9.71. The topological polar surface area (TPSA) is 137 Å². The lowest BCUT2D eigenvalue weighted by molar-refractivity contribution is 0.242. The van der Waals surface area contributed by atoms with Crippen molar-refractivity contribution in [2.24, 2.45) is 11.6 Å². The largest absolute Gasteiger partial charge is 0.412 e. The first-order chi connectivity index (χ1) is 3.27. The molecule has 0 aromatic carbocycles. The van der Waals surface area contributed by atoms with Crippen molar-refractivity contribution in [3.05, 3.63) is 0 Å². The summed E-state index contributed by atoms with van der Waals surface area (Å²) in [5, 5.41) is 0. The first-order valence-electron chi connectivity index (χ1n) is 1.53. The fourth-order valence-corrected chi connectivity index (χ4v) is 0.0977. The maximum Gasteiger partial charge on any atom is 0.327 e. The van der Waals surface area contributed by atoms with Gasteiger partial charge >= 0.3 is 6.03 Å². The zero-order valence-electron chi connectivity index (χ0n) is 4.06. The molecule has 9 N–H and O–H groups in total. The van der Waals surface area contributed by atoms with Crippen LogP contribution in [-0.4, -0.2) is 11.5 Å². The van der Waals surface area contributed by atoms with E-state index in [0.717, 1.165) is 0 Å². The van der Waals surface area contributed by atoms with Crippen molar-refractivity contribution < 1.29 is 10.3 Å². The number of carbonyl (C=O) groups excluding carboxylic acids is 1. The van der Waals surface area contributed by atoms with Crippen LogP contribution >= 0.6 is 0 Å². The first-order valence-corrected chi connectivity index (χ1v) is 1.53. The highest BCUT2D eigenvalue weighted by atomic mass is 16.2. The standard InChI is InChI=1S/CH7N5O.H2O/c2-1(7)4-6-5-3;/h5-6H,3H2,(H3,2,4,7);1H2. The van der Waals surface area contributed by atoms with Gasteiger partial charge in [0.25, 0.3) is 0 Å². The molecule has 0 aliphatic rings. The molecule has 0 aliphatic heterocycles. The fourth-order valence-electron chi connectivity index (χ4n) is 0.0977. The Balaban J connectivity index is 0. The van der Waals surface area contributed by atoms with Gasteiger partial charge in [0.15, 0.2) is 0 Å². The minimum absolute atomic E-state index is 0. The molecule has 7 nitrogen and oxygen atoms in total. The molecule has 0 bridgehead atoms. The van der Waals surface area contributed by atoms with Gasteiger partial charge in [-0.25, -0.2) is 4.79 Å². The maximum atomic E-state index is 9.71. The van der Waals surface area contributed by atoms with Crippen LogP contribution in [0.5, 0.6) is 0 Å². The smallest absolute Gasteiger partial charge is 0.327 e. The molecule has 0 fully saturated rings. The summed E-state index contributed by atoms with van der Waals surface area (Å²) in [4.78, 5) is 9.71. The van der Waals surface area contributed by atoms with E-state index in [0.29, 0.717) is 0 Å². The Morgan fingerprint density at radius 2 is 2.00 bits per heavy atom. The number of rotatable bonds is 2. The molecule has 0 aromatic heterocycles. The van der Waals surface area contributed by atoms with Gasteiger partial charge in [0.2, 0.25) is 0 Å². The summed E-state index contributed by atoms with van der Waals surface area (Å²) in [7, 11) is 0. The average Bonchev–Trinajstić information content (AvgIpc) is 1.61. The number of nitrogens with one attached hydrogen (secondary N) is 3. The second kappa shape index (κ2) is 6.11. The highest BCUT2D eigenvalue weighted by Gasteiger charge is 1.81. The minimum atomic E-state index is -0.696. The number of hydrogen-bond acceptors (Lipinski definition) is 4. The van der Waals surface area contributed by atoms with Crippen LogP contribution < -0.4 is 28.1 Å². The van der Waals surface area contributed by atoms with Gasteiger partial charge in [0, 0.05) is 0 Å². The van der Waals surface area contributed by atoms with Crippen molar-refractivity contribution in [3.63, 3.8) is 0 Å². The van der Waals surface area contributed by atoms with E-state index in [4.69, 9.17) is 0 Å². The normalized spacial score (nSPS) is 7.12. The van der Waals surface area contributed by atoms with E-state index in [2.05, 4.69) is 17.1 Å². The molecule has 8 heavy (non-hydrogen) atoms. The van der Waals surface area contributed by atoms with Crippen LogP contribution in [0.1, 0.15) is 0 Å². The van der Waals surface area contributed by atoms with Crippen molar-refractivity contribution in [1.29, 1.82) is 0 Å². The molecule has 0 saturated carbocycles. The molecule has 0 aromatic rings. The molecule has 0 aliphatic carbocycles. The van der Waals surface area contributed by atoms with Gasteiger partial charge in [0.1, 0.15) is 0 Å². The second-order valence-electron chi connectivity index (χ2n) is 0.759. The van der Waals surface area contributed by atoms with Crippen LogP contribution in [0.25, 0.3) is 0 Å². The third-order valence-corrected chi connectivity index (χ3v) is 0.258. The van der Waals surface area contributed by atoms with Gasteiger partial charge in [0.05, 0.1) is 0 Å². The Morgan fingerprint density at radius 3 is 2.12 bits per heavy atom. The van der Waals surface area contributed by atoms with Gasteiger partial charge in [-0.2, -0.15) is 11.1 Å². The minimum Gasteiger partial charge on any atom is -0.412 e. The molecule has 0 atom stereocenters. The zero-order chi connectivity index (χ0) is 5.70. The summed E-state index contributed by atoms with van der Waals surface area (Å²) in [5.41, 5.74) is 10.5. The quantitative estimate of drug-likeness (QED) is 0.194. The lowest BCUT2D eigenvalue weighted by Crippen LogP contribution is -2.51. The van der Waals surface area contributed by atoms with Crippen molar-refractivity contribution in [2.75, 3.05) is 0 Å². The fraction of sp³-hybridized carbons (Fsp3) is 0. The molecule has 2 amide bonds. The molecule has 0 saturated heterocycles. The van der Waals surface area contributed by atoms with Gasteiger partial charge in [-0.15, -0.1) is 0 Å². The molecule has 0 unspecified atom stereocenters. The van der Waals surface area contributed by atoms with Crippen LogP contribution in [-0.2, 0) is 0 Å². The van der Waals surface area contributed by atoms with Crippen LogP contribution in [0.4, 0.5) is 4.79 Å². The molecular weight excluding hydrogens is 114 g/mol. The van der Waals surface area contributed by atoms with Crippen molar-refractivity contribution in [1.82, 2.24) is 16.5 Å². The van der Waals surface area contributed by atoms with Crippen LogP contribution in [0.2, 0.25) is 0 Å². The predicted molar refractivity (Wildman–Crippen MR) is 26.8 cm³/mol. The van der Waals surface area contributed by atoms with E-state index in [1.807, 2.05) is 11.0 Å². The van der Waals surface area contributed by atoms with E-state index in [9.17, 15) is 4.79 Å². The predicted octanol–water partition coefficient (Wildman–Crippen LogP) is -3.29. The average molecular weight is 123 g/mol. The van der Waals surface area contributed by atoms with Crippen molar-refractivity contribution in [2.45, 2.75) is 0 Å². The molecule has 0 rings (SSSR count). The molecule has 50 valence electrons. The summed E-state index contributed by atoms with van der Waals surface area (Å²) in [6.45, 7) is 0. The van der Waals surface area contributed by atoms with Crippen LogP contribution in [0.3, 0.4) is 0 Å². The number of carbonyl (C=O) groups is 1. The Kier molecular flexibility index (Phi) is 7.76. The van der Waals surface area contributed by atoms with Crippen LogP contribution in [0.15, 0.2) is 0 Å². The van der Waals surface area contributed by atoms with E-state index < -0.39 is 6.03 Å². The Bertz CT molecular complexity index is 63.4. The molecule has 7 heteroatoms. The number of hydrazine groups is 3. The number of nitrogens with two attached hydrogens (primary N) is 2. The van der Waals surface area contributed by atoms with Crippen molar-refractivity contribution in [3.8, 4) is 0 Å². The number of hydrogen-bond donors (Lipinski definition) is 5. The van der Waals surface area contributed by atoms with Gasteiger partial charge in [-0.1, -0.05) is 0 Å². The molecule has 0 radical (unpaired) electrons. The second-order valence-corrected chi connectivity index (χ2v) is 0.759. The summed E-state index contributed by atoms with van der Waals surface area (Å²) in [5.74, 6) is 4.65. The molecule has 0 heterocycles. The van der Waals surface area contributed by atoms with Crippen LogP contribution in [0, 0.1) is 0 Å². The zero-order valence-corrected chi connectivity index (χ0v) is 4.06. The van der Waals surface area contributed by atoms with Gasteiger partial charge in [-0.05, 0) is 0 Å². The Morgan fingerprint density at radius 1 is 1.50 bits per heavy atom. The van der Waals surface area contributed by atoms with Crippen molar-refractivity contribution >= 4 is 6.03 Å². The lowest BCUT2D eigenvalue weighted by atomic mass is 11.2. The monoisotopic (exact) mass is 123 g/mol. The van der Waals surface area contributed by atoms with E-state index in [1.54, 1.807) is 0 Å². The number of amides is 2. The highest BCUT2D eigenvalue weighted by Crippen LogP contribution is 1.39. The summed E-state index contributed by atoms with van der Waals surface area (Å²) >= 11 is 0. The van der Waals surface area contributed by atoms with E-state index in [-0.39, 0.29) is 5.48 Å². The van der Waals surface area contributed by atoms with E-state index in [1.165, 1.54) is 0 Å². The summed E-state index contributed by atoms with van der Waals surface area (Å²) in [6.07, 6.45) is 0.